The molecule has 1 aromatic heterocycles. The van der Waals surface area contributed by atoms with Crippen molar-refractivity contribution in [3.63, 3.8) is 0 Å². The van der Waals surface area contributed by atoms with Gasteiger partial charge in [0.05, 0.1) is 24.1 Å². The molecule has 1 amide bonds. The molecular weight excluding hydrogens is 234 g/mol. The van der Waals surface area contributed by atoms with Crippen molar-refractivity contribution in [3.05, 3.63) is 30.1 Å². The largest absolute Gasteiger partial charge is 0.481 e. The standard InChI is InChI=1S/C12H15N3O3/c16-11(13-7-8-5-6-14-15-8)9-3-1-2-4-10(9)12(17)18/h1-2,5-6,9-10H,3-4,7H2,(H,13,16)(H,14,15)(H,17,18)/t9-,10+/m1/s1. The van der Waals surface area contributed by atoms with Crippen LogP contribution in [0, 0.1) is 11.8 Å². The van der Waals surface area contributed by atoms with Crippen LogP contribution in [0.1, 0.15) is 18.5 Å². The SMILES string of the molecule is O=C(O)[C@H]1CC=CC[C@H]1C(=O)NCc1ccn[nH]1. The van der Waals surface area contributed by atoms with E-state index in [2.05, 4.69) is 15.5 Å². The summed E-state index contributed by atoms with van der Waals surface area (Å²) in [5, 5.41) is 18.3. The molecule has 2 atom stereocenters. The Morgan fingerprint density at radius 3 is 2.72 bits per heavy atom. The van der Waals surface area contributed by atoms with Gasteiger partial charge in [0.2, 0.25) is 5.91 Å². The molecule has 0 saturated carbocycles. The molecule has 0 spiro atoms. The number of carboxylic acids is 1. The van der Waals surface area contributed by atoms with Crippen LogP contribution in [0.3, 0.4) is 0 Å². The van der Waals surface area contributed by atoms with Crippen LogP contribution in [0.2, 0.25) is 0 Å². The molecule has 18 heavy (non-hydrogen) atoms. The Morgan fingerprint density at radius 1 is 1.39 bits per heavy atom. The lowest BCUT2D eigenvalue weighted by molar-refractivity contribution is -0.147. The van der Waals surface area contributed by atoms with Gasteiger partial charge in [0.25, 0.3) is 0 Å². The summed E-state index contributed by atoms with van der Waals surface area (Å²) >= 11 is 0. The number of nitrogens with zero attached hydrogens (tertiary/aromatic N) is 1. The van der Waals surface area contributed by atoms with Crippen molar-refractivity contribution < 1.29 is 14.7 Å². The molecule has 1 aliphatic carbocycles. The van der Waals surface area contributed by atoms with Crippen LogP contribution in [-0.2, 0) is 16.1 Å². The number of aliphatic carboxylic acids is 1. The van der Waals surface area contributed by atoms with E-state index in [9.17, 15) is 9.59 Å². The molecule has 0 saturated heterocycles. The number of amides is 1. The fourth-order valence-electron chi connectivity index (χ4n) is 2.07. The lowest BCUT2D eigenvalue weighted by atomic mass is 9.82. The number of carbonyl (C=O) groups excluding carboxylic acids is 1. The number of H-pyrrole nitrogens is 1. The topological polar surface area (TPSA) is 95.1 Å². The number of nitrogens with one attached hydrogen (secondary N) is 2. The Balaban J connectivity index is 1.94. The first kappa shape index (κ1) is 12.3. The Bertz CT molecular complexity index is 453. The van der Waals surface area contributed by atoms with Gasteiger partial charge < -0.3 is 10.4 Å². The number of hydrogen-bond donors (Lipinski definition) is 3. The molecule has 0 radical (unpaired) electrons. The molecule has 0 aliphatic heterocycles. The zero-order valence-corrected chi connectivity index (χ0v) is 9.80. The van der Waals surface area contributed by atoms with Gasteiger partial charge in [0.15, 0.2) is 0 Å². The first-order valence-electron chi connectivity index (χ1n) is 5.82. The second-order valence-electron chi connectivity index (χ2n) is 4.29. The minimum absolute atomic E-state index is 0.221. The molecule has 3 N–H and O–H groups in total. The van der Waals surface area contributed by atoms with Crippen LogP contribution in [0.25, 0.3) is 0 Å². The molecule has 0 fully saturated rings. The fraction of sp³-hybridized carbons (Fsp3) is 0.417. The zero-order valence-electron chi connectivity index (χ0n) is 9.80. The van der Waals surface area contributed by atoms with E-state index in [1.54, 1.807) is 12.3 Å². The van der Waals surface area contributed by atoms with Crippen molar-refractivity contribution in [2.45, 2.75) is 19.4 Å². The van der Waals surface area contributed by atoms with Crippen molar-refractivity contribution in [1.82, 2.24) is 15.5 Å². The highest BCUT2D eigenvalue weighted by molar-refractivity contribution is 5.85. The maximum absolute atomic E-state index is 12.0. The fourth-order valence-corrected chi connectivity index (χ4v) is 2.07. The molecule has 96 valence electrons. The Hall–Kier alpha value is -2.11. The van der Waals surface area contributed by atoms with E-state index in [1.807, 2.05) is 12.2 Å². The molecule has 0 bridgehead atoms. The van der Waals surface area contributed by atoms with Crippen molar-refractivity contribution >= 4 is 11.9 Å². The van der Waals surface area contributed by atoms with Crippen molar-refractivity contribution in [3.8, 4) is 0 Å². The van der Waals surface area contributed by atoms with Gasteiger partial charge in [-0.15, -0.1) is 0 Å². The zero-order chi connectivity index (χ0) is 13.0. The Labute approximate surface area is 104 Å². The van der Waals surface area contributed by atoms with Crippen LogP contribution >= 0.6 is 0 Å². The lowest BCUT2D eigenvalue weighted by Crippen LogP contribution is -2.38. The Kier molecular flexibility index (Phi) is 3.76. The second-order valence-corrected chi connectivity index (χ2v) is 4.29. The number of hydrogen-bond acceptors (Lipinski definition) is 3. The summed E-state index contributed by atoms with van der Waals surface area (Å²) in [6.45, 7) is 0.339. The van der Waals surface area contributed by atoms with Gasteiger partial charge in [-0.3, -0.25) is 14.7 Å². The minimum Gasteiger partial charge on any atom is -0.481 e. The van der Waals surface area contributed by atoms with E-state index >= 15 is 0 Å². The van der Waals surface area contributed by atoms with E-state index in [0.717, 1.165) is 5.69 Å². The number of aromatic amines is 1. The van der Waals surface area contributed by atoms with Gasteiger partial charge in [-0.2, -0.15) is 5.10 Å². The number of rotatable bonds is 4. The molecule has 6 heteroatoms. The quantitative estimate of drug-likeness (QED) is 0.684. The molecule has 2 rings (SSSR count). The van der Waals surface area contributed by atoms with E-state index < -0.39 is 17.8 Å². The predicted octanol–water partition coefficient (Wildman–Crippen LogP) is 0.693. The van der Waals surface area contributed by atoms with E-state index in [4.69, 9.17) is 5.11 Å². The highest BCUT2D eigenvalue weighted by atomic mass is 16.4. The highest BCUT2D eigenvalue weighted by Gasteiger charge is 2.33. The monoisotopic (exact) mass is 249 g/mol. The summed E-state index contributed by atoms with van der Waals surface area (Å²) in [5.41, 5.74) is 0.793. The normalized spacial score (nSPS) is 22.7. The number of carbonyl (C=O) groups is 2. The summed E-state index contributed by atoms with van der Waals surface area (Å²) < 4.78 is 0. The molecule has 1 heterocycles. The molecule has 1 aliphatic rings. The molecule has 0 unspecified atom stereocenters. The maximum Gasteiger partial charge on any atom is 0.307 e. The molecular formula is C12H15N3O3. The summed E-state index contributed by atoms with van der Waals surface area (Å²) in [6, 6.07) is 1.76. The van der Waals surface area contributed by atoms with Gasteiger partial charge in [0, 0.05) is 6.20 Å². The summed E-state index contributed by atoms with van der Waals surface area (Å²) in [7, 11) is 0. The number of allylic oxidation sites excluding steroid dienone is 2. The van der Waals surface area contributed by atoms with Crippen LogP contribution in [0.4, 0.5) is 0 Å². The Morgan fingerprint density at radius 2 is 2.11 bits per heavy atom. The summed E-state index contributed by atoms with van der Waals surface area (Å²) in [4.78, 5) is 23.0. The van der Waals surface area contributed by atoms with Crippen LogP contribution in [0.5, 0.6) is 0 Å². The van der Waals surface area contributed by atoms with Crippen LogP contribution < -0.4 is 5.32 Å². The van der Waals surface area contributed by atoms with Crippen molar-refractivity contribution in [2.24, 2.45) is 11.8 Å². The smallest absolute Gasteiger partial charge is 0.307 e. The van der Waals surface area contributed by atoms with E-state index in [1.165, 1.54) is 0 Å². The summed E-state index contributed by atoms with van der Waals surface area (Å²) in [5.74, 6) is -2.26. The lowest BCUT2D eigenvalue weighted by Gasteiger charge is -2.24. The average molecular weight is 249 g/mol. The average Bonchev–Trinajstić information content (AvgIpc) is 2.89. The maximum atomic E-state index is 12.0. The van der Waals surface area contributed by atoms with Gasteiger partial charge >= 0.3 is 5.97 Å². The second kappa shape index (κ2) is 5.48. The highest BCUT2D eigenvalue weighted by Crippen LogP contribution is 2.26. The van der Waals surface area contributed by atoms with Gasteiger partial charge in [-0.1, -0.05) is 12.2 Å². The minimum atomic E-state index is -0.916. The third-order valence-corrected chi connectivity index (χ3v) is 3.10. The van der Waals surface area contributed by atoms with Gasteiger partial charge in [-0.05, 0) is 18.9 Å². The molecule has 0 aromatic carbocycles. The van der Waals surface area contributed by atoms with Crippen molar-refractivity contribution in [1.29, 1.82) is 0 Å². The molecule has 6 nitrogen and oxygen atoms in total. The number of carboxylic acid groups (broad SMARTS) is 1. The van der Waals surface area contributed by atoms with Crippen LogP contribution in [-0.4, -0.2) is 27.2 Å². The van der Waals surface area contributed by atoms with Crippen LogP contribution in [0.15, 0.2) is 24.4 Å². The first-order valence-corrected chi connectivity index (χ1v) is 5.82. The van der Waals surface area contributed by atoms with E-state index in [-0.39, 0.29) is 5.91 Å². The third-order valence-electron chi connectivity index (χ3n) is 3.10. The van der Waals surface area contributed by atoms with Gasteiger partial charge in [0.1, 0.15) is 0 Å². The first-order chi connectivity index (χ1) is 8.68. The predicted molar refractivity (Wildman–Crippen MR) is 63.4 cm³/mol. The third kappa shape index (κ3) is 2.77. The summed E-state index contributed by atoms with van der Waals surface area (Å²) in [6.07, 6.45) is 6.17. The molecule has 1 aromatic rings. The number of aromatic nitrogens is 2. The van der Waals surface area contributed by atoms with E-state index in [0.29, 0.717) is 19.4 Å². The van der Waals surface area contributed by atoms with Gasteiger partial charge in [-0.25, -0.2) is 0 Å². The van der Waals surface area contributed by atoms with Crippen molar-refractivity contribution in [2.75, 3.05) is 0 Å².